The topological polar surface area (TPSA) is 52.7 Å². The number of hydrogen-bond donors (Lipinski definition) is 1. The van der Waals surface area contributed by atoms with E-state index in [0.717, 1.165) is 32.2 Å². The fourth-order valence-electron chi connectivity index (χ4n) is 2.51. The molecule has 0 spiro atoms. The van der Waals surface area contributed by atoms with Crippen LogP contribution < -0.4 is 5.32 Å². The van der Waals surface area contributed by atoms with Crippen LogP contribution in [0.2, 0.25) is 0 Å². The molecule has 0 bridgehead atoms. The maximum atomic E-state index is 12.5. The van der Waals surface area contributed by atoms with Crippen LogP contribution in [0.25, 0.3) is 0 Å². The lowest BCUT2D eigenvalue weighted by molar-refractivity contribution is 0.335. The van der Waals surface area contributed by atoms with Crippen LogP contribution in [-0.4, -0.2) is 55.8 Å². The van der Waals surface area contributed by atoms with Gasteiger partial charge in [0.15, 0.2) is 0 Å². The Kier molecular flexibility index (Phi) is 6.73. The summed E-state index contributed by atoms with van der Waals surface area (Å²) in [6.07, 6.45) is 3.74. The van der Waals surface area contributed by atoms with Gasteiger partial charge in [-0.05, 0) is 32.2 Å². The molecule has 0 radical (unpaired) electrons. The zero-order valence-electron chi connectivity index (χ0n) is 12.7. The maximum Gasteiger partial charge on any atom is 0.281 e. The van der Waals surface area contributed by atoms with Crippen LogP contribution in [0.1, 0.15) is 46.5 Å². The molecule has 0 amide bonds. The van der Waals surface area contributed by atoms with Crippen molar-refractivity contribution in [3.8, 4) is 0 Å². The number of nitrogens with zero attached hydrogens (tertiary/aromatic N) is 2. The van der Waals surface area contributed by atoms with Crippen molar-refractivity contribution in [2.75, 3.05) is 26.7 Å². The summed E-state index contributed by atoms with van der Waals surface area (Å²) in [5.41, 5.74) is 0. The summed E-state index contributed by atoms with van der Waals surface area (Å²) in [7, 11) is -1.57. The van der Waals surface area contributed by atoms with E-state index in [4.69, 9.17) is 0 Å². The average molecular weight is 291 g/mol. The van der Waals surface area contributed by atoms with Crippen molar-refractivity contribution < 1.29 is 8.42 Å². The summed E-state index contributed by atoms with van der Waals surface area (Å²) in [6.45, 7) is 8.36. The molecule has 114 valence electrons. The van der Waals surface area contributed by atoms with Gasteiger partial charge in [0.2, 0.25) is 0 Å². The third kappa shape index (κ3) is 4.70. The molecule has 19 heavy (non-hydrogen) atoms. The lowest BCUT2D eigenvalue weighted by Crippen LogP contribution is -2.44. The quantitative estimate of drug-likeness (QED) is 0.688. The zero-order valence-corrected chi connectivity index (χ0v) is 13.5. The van der Waals surface area contributed by atoms with E-state index in [1.165, 1.54) is 4.31 Å². The minimum absolute atomic E-state index is 0.196. The average Bonchev–Trinajstić information content (AvgIpc) is 2.82. The Hall–Kier alpha value is -0.170. The number of rotatable bonds is 8. The summed E-state index contributed by atoms with van der Waals surface area (Å²) < 4.78 is 28.1. The van der Waals surface area contributed by atoms with E-state index in [9.17, 15) is 8.42 Å². The highest BCUT2D eigenvalue weighted by Crippen LogP contribution is 2.24. The SMILES string of the molecule is CCC1CCCN1S(=O)(=O)N(C)CCCNC(C)C. The maximum absolute atomic E-state index is 12.5. The third-order valence-corrected chi connectivity index (χ3v) is 5.73. The summed E-state index contributed by atoms with van der Waals surface area (Å²) in [5.74, 6) is 0. The van der Waals surface area contributed by atoms with Crippen molar-refractivity contribution >= 4 is 10.2 Å². The highest BCUT2D eigenvalue weighted by atomic mass is 32.2. The van der Waals surface area contributed by atoms with Crippen LogP contribution in [0.4, 0.5) is 0 Å². The van der Waals surface area contributed by atoms with Crippen molar-refractivity contribution in [1.82, 2.24) is 13.9 Å². The van der Waals surface area contributed by atoms with Gasteiger partial charge in [0.1, 0.15) is 0 Å². The molecule has 0 aromatic heterocycles. The van der Waals surface area contributed by atoms with Crippen molar-refractivity contribution in [3.63, 3.8) is 0 Å². The van der Waals surface area contributed by atoms with Crippen molar-refractivity contribution in [1.29, 1.82) is 0 Å². The van der Waals surface area contributed by atoms with E-state index < -0.39 is 10.2 Å². The molecule has 1 N–H and O–H groups in total. The minimum Gasteiger partial charge on any atom is -0.314 e. The molecule has 1 fully saturated rings. The van der Waals surface area contributed by atoms with Gasteiger partial charge in [-0.25, -0.2) is 0 Å². The molecule has 1 atom stereocenters. The van der Waals surface area contributed by atoms with E-state index in [1.54, 1.807) is 11.4 Å². The lowest BCUT2D eigenvalue weighted by atomic mass is 10.2. The normalized spacial score (nSPS) is 21.7. The van der Waals surface area contributed by atoms with Gasteiger partial charge in [0.05, 0.1) is 0 Å². The Labute approximate surface area is 118 Å². The molecule has 0 aromatic rings. The van der Waals surface area contributed by atoms with Crippen LogP contribution in [0.3, 0.4) is 0 Å². The summed E-state index contributed by atoms with van der Waals surface area (Å²) in [6, 6.07) is 0.645. The summed E-state index contributed by atoms with van der Waals surface area (Å²) in [4.78, 5) is 0. The largest absolute Gasteiger partial charge is 0.314 e. The van der Waals surface area contributed by atoms with Gasteiger partial charge in [-0.3, -0.25) is 0 Å². The number of nitrogens with one attached hydrogen (secondary N) is 1. The van der Waals surface area contributed by atoms with Gasteiger partial charge in [-0.1, -0.05) is 20.8 Å². The van der Waals surface area contributed by atoms with Crippen LogP contribution in [-0.2, 0) is 10.2 Å². The van der Waals surface area contributed by atoms with Crippen LogP contribution in [0.15, 0.2) is 0 Å². The second kappa shape index (κ2) is 7.57. The first-order valence-corrected chi connectivity index (χ1v) is 8.75. The van der Waals surface area contributed by atoms with Gasteiger partial charge >= 0.3 is 0 Å². The second-order valence-corrected chi connectivity index (χ2v) is 7.59. The van der Waals surface area contributed by atoms with E-state index in [1.807, 2.05) is 0 Å². The predicted molar refractivity (Wildman–Crippen MR) is 79.3 cm³/mol. The molecule has 5 nitrogen and oxygen atoms in total. The Balaban J connectivity index is 2.47. The zero-order chi connectivity index (χ0) is 14.5. The molecule has 1 aliphatic heterocycles. The molecule has 1 rings (SSSR count). The van der Waals surface area contributed by atoms with E-state index >= 15 is 0 Å². The fourth-order valence-corrected chi connectivity index (χ4v) is 4.22. The smallest absolute Gasteiger partial charge is 0.281 e. The predicted octanol–water partition coefficient (Wildman–Crippen LogP) is 1.43. The van der Waals surface area contributed by atoms with Gasteiger partial charge in [0, 0.05) is 32.2 Å². The van der Waals surface area contributed by atoms with Gasteiger partial charge in [-0.15, -0.1) is 0 Å². The third-order valence-electron chi connectivity index (χ3n) is 3.69. The van der Waals surface area contributed by atoms with Crippen LogP contribution in [0, 0.1) is 0 Å². The molecule has 0 saturated carbocycles. The lowest BCUT2D eigenvalue weighted by Gasteiger charge is -2.28. The Bertz CT molecular complexity index is 357. The van der Waals surface area contributed by atoms with Crippen molar-refractivity contribution in [2.45, 2.75) is 58.5 Å². The first-order valence-electron chi connectivity index (χ1n) is 7.36. The summed E-state index contributed by atoms with van der Waals surface area (Å²) in [5, 5.41) is 3.31. The van der Waals surface area contributed by atoms with Crippen LogP contribution >= 0.6 is 0 Å². The second-order valence-electron chi connectivity index (χ2n) is 5.61. The Morgan fingerprint density at radius 3 is 2.68 bits per heavy atom. The summed E-state index contributed by atoms with van der Waals surface area (Å²) >= 11 is 0. The van der Waals surface area contributed by atoms with E-state index in [2.05, 4.69) is 26.1 Å². The molecule has 1 unspecified atom stereocenters. The molecule has 1 saturated heterocycles. The Morgan fingerprint density at radius 1 is 1.42 bits per heavy atom. The van der Waals surface area contributed by atoms with Crippen molar-refractivity contribution in [3.05, 3.63) is 0 Å². The van der Waals surface area contributed by atoms with E-state index in [-0.39, 0.29) is 6.04 Å². The monoisotopic (exact) mass is 291 g/mol. The first-order chi connectivity index (χ1) is 8.89. The Morgan fingerprint density at radius 2 is 2.11 bits per heavy atom. The fraction of sp³-hybridized carbons (Fsp3) is 1.00. The highest BCUT2D eigenvalue weighted by Gasteiger charge is 2.35. The standard InChI is InChI=1S/C13H29N3O2S/c1-5-13-8-6-11-16(13)19(17,18)15(4)10-7-9-14-12(2)3/h12-14H,5-11H2,1-4H3. The molecule has 1 heterocycles. The molecule has 6 heteroatoms. The molecule has 0 aliphatic carbocycles. The molecule has 1 aliphatic rings. The number of hydrogen-bond acceptors (Lipinski definition) is 3. The first kappa shape index (κ1) is 16.9. The van der Waals surface area contributed by atoms with Gasteiger partial charge in [-0.2, -0.15) is 17.0 Å². The minimum atomic E-state index is -3.26. The van der Waals surface area contributed by atoms with Crippen LogP contribution in [0.5, 0.6) is 0 Å². The molecule has 0 aromatic carbocycles. The van der Waals surface area contributed by atoms with Gasteiger partial charge < -0.3 is 5.32 Å². The molecular weight excluding hydrogens is 262 g/mol. The highest BCUT2D eigenvalue weighted by molar-refractivity contribution is 7.86. The van der Waals surface area contributed by atoms with Gasteiger partial charge in [0.25, 0.3) is 10.2 Å². The molecular formula is C13H29N3O2S. The van der Waals surface area contributed by atoms with Crippen molar-refractivity contribution in [2.24, 2.45) is 0 Å². The van der Waals surface area contributed by atoms with E-state index in [0.29, 0.717) is 19.1 Å².